The Hall–Kier alpha value is -4.07. The fraction of sp³-hybridized carbons (Fsp3) is 0.333. The Morgan fingerprint density at radius 3 is 2.40 bits per heavy atom. The minimum atomic E-state index is -4.26. The van der Waals surface area contributed by atoms with Crippen molar-refractivity contribution in [2.24, 2.45) is 0 Å². The number of sulfone groups is 1. The van der Waals surface area contributed by atoms with Crippen LogP contribution in [0.2, 0.25) is 0 Å². The van der Waals surface area contributed by atoms with Crippen LogP contribution in [-0.4, -0.2) is 83.4 Å². The van der Waals surface area contributed by atoms with E-state index < -0.39 is 32.3 Å². The molecule has 0 fully saturated rings. The third-order valence-electron chi connectivity index (χ3n) is 6.83. The van der Waals surface area contributed by atoms with Gasteiger partial charge in [0, 0.05) is 49.6 Å². The summed E-state index contributed by atoms with van der Waals surface area (Å²) in [5, 5.41) is 13.4. The SMILES string of the molecule is COCC(C)Nc1cc(N(C)CCCN(C)C)ccc1C(=O)Nc1n[nH]c2ccc(S(=O)(=O)c3cc(F)cc(F)c3)cc12. The van der Waals surface area contributed by atoms with Gasteiger partial charge in [-0.15, -0.1) is 0 Å². The van der Waals surface area contributed by atoms with Gasteiger partial charge in [-0.05, 0) is 82.5 Å². The van der Waals surface area contributed by atoms with Crippen molar-refractivity contribution in [2.45, 2.75) is 29.2 Å². The number of nitrogens with zero attached hydrogens (tertiary/aromatic N) is 3. The second-order valence-electron chi connectivity index (χ2n) is 10.7. The van der Waals surface area contributed by atoms with Gasteiger partial charge >= 0.3 is 0 Å². The lowest BCUT2D eigenvalue weighted by Crippen LogP contribution is -2.25. The molecule has 1 amide bonds. The van der Waals surface area contributed by atoms with E-state index in [1.807, 2.05) is 40.2 Å². The molecule has 0 saturated heterocycles. The van der Waals surface area contributed by atoms with Crippen LogP contribution >= 0.6 is 0 Å². The van der Waals surface area contributed by atoms with Gasteiger partial charge in [-0.3, -0.25) is 9.89 Å². The molecule has 0 radical (unpaired) electrons. The Balaban J connectivity index is 1.64. The maximum atomic E-state index is 13.8. The predicted molar refractivity (Wildman–Crippen MR) is 164 cm³/mol. The summed E-state index contributed by atoms with van der Waals surface area (Å²) < 4.78 is 59.1. The Bertz CT molecular complexity index is 1690. The van der Waals surface area contributed by atoms with Crippen LogP contribution in [0.4, 0.5) is 26.0 Å². The highest BCUT2D eigenvalue weighted by Crippen LogP contribution is 2.30. The zero-order chi connectivity index (χ0) is 31.3. The van der Waals surface area contributed by atoms with Crippen LogP contribution in [0.5, 0.6) is 0 Å². The van der Waals surface area contributed by atoms with Crippen molar-refractivity contribution in [1.29, 1.82) is 0 Å². The number of amides is 1. The summed E-state index contributed by atoms with van der Waals surface area (Å²) in [5.74, 6) is -2.39. The molecule has 0 saturated carbocycles. The molecular formula is C30H36F2N6O4S. The molecule has 10 nitrogen and oxygen atoms in total. The molecule has 3 N–H and O–H groups in total. The first kappa shape index (κ1) is 31.9. The Morgan fingerprint density at radius 1 is 1.00 bits per heavy atom. The fourth-order valence-electron chi connectivity index (χ4n) is 4.65. The summed E-state index contributed by atoms with van der Waals surface area (Å²) in [4.78, 5) is 17.1. The molecule has 4 aromatic rings. The number of hydrogen-bond donors (Lipinski definition) is 3. The lowest BCUT2D eigenvalue weighted by molar-refractivity contribution is 0.102. The Morgan fingerprint density at radius 2 is 1.72 bits per heavy atom. The fourth-order valence-corrected chi connectivity index (χ4v) is 5.98. The number of carbonyl (C=O) groups is 1. The molecule has 230 valence electrons. The molecule has 1 atom stereocenters. The van der Waals surface area contributed by atoms with Gasteiger partial charge in [-0.1, -0.05) is 0 Å². The number of rotatable bonds is 13. The lowest BCUT2D eigenvalue weighted by atomic mass is 10.1. The van der Waals surface area contributed by atoms with Crippen molar-refractivity contribution in [3.8, 4) is 0 Å². The summed E-state index contributed by atoms with van der Waals surface area (Å²) >= 11 is 0. The number of carbonyl (C=O) groups excluding carboxylic acids is 1. The number of aromatic nitrogens is 2. The zero-order valence-electron chi connectivity index (χ0n) is 24.7. The van der Waals surface area contributed by atoms with Crippen molar-refractivity contribution in [2.75, 3.05) is 63.5 Å². The van der Waals surface area contributed by atoms with E-state index in [0.29, 0.717) is 34.8 Å². The first-order chi connectivity index (χ1) is 20.4. The number of aromatic amines is 1. The first-order valence-electron chi connectivity index (χ1n) is 13.6. The van der Waals surface area contributed by atoms with Crippen molar-refractivity contribution >= 4 is 43.8 Å². The van der Waals surface area contributed by atoms with Crippen molar-refractivity contribution in [1.82, 2.24) is 15.1 Å². The summed E-state index contributed by atoms with van der Waals surface area (Å²) in [6.45, 7) is 4.12. The monoisotopic (exact) mass is 614 g/mol. The minimum Gasteiger partial charge on any atom is -0.383 e. The first-order valence-corrected chi connectivity index (χ1v) is 15.1. The van der Waals surface area contributed by atoms with E-state index in [1.165, 1.54) is 18.2 Å². The van der Waals surface area contributed by atoms with Gasteiger partial charge in [0.1, 0.15) is 11.6 Å². The highest BCUT2D eigenvalue weighted by Gasteiger charge is 2.23. The molecule has 13 heteroatoms. The molecular weight excluding hydrogens is 578 g/mol. The van der Waals surface area contributed by atoms with E-state index in [9.17, 15) is 22.0 Å². The number of benzene rings is 3. The van der Waals surface area contributed by atoms with Gasteiger partial charge in [0.15, 0.2) is 5.82 Å². The highest BCUT2D eigenvalue weighted by atomic mass is 32.2. The van der Waals surface area contributed by atoms with Gasteiger partial charge in [0.25, 0.3) is 5.91 Å². The number of anilines is 3. The minimum absolute atomic E-state index is 0.0996. The van der Waals surface area contributed by atoms with Gasteiger partial charge in [-0.25, -0.2) is 17.2 Å². The summed E-state index contributed by atoms with van der Waals surface area (Å²) in [5.41, 5.74) is 2.33. The van der Waals surface area contributed by atoms with E-state index in [2.05, 4.69) is 30.6 Å². The lowest BCUT2D eigenvalue weighted by Gasteiger charge is -2.23. The second-order valence-corrected chi connectivity index (χ2v) is 12.6. The number of nitrogens with one attached hydrogen (secondary N) is 3. The van der Waals surface area contributed by atoms with E-state index >= 15 is 0 Å². The van der Waals surface area contributed by atoms with Crippen molar-refractivity contribution < 1.29 is 26.7 Å². The zero-order valence-corrected chi connectivity index (χ0v) is 25.6. The molecule has 0 aliphatic carbocycles. The largest absolute Gasteiger partial charge is 0.383 e. The maximum absolute atomic E-state index is 13.8. The van der Waals surface area contributed by atoms with Gasteiger partial charge in [-0.2, -0.15) is 5.10 Å². The molecule has 1 unspecified atom stereocenters. The Kier molecular flexibility index (Phi) is 9.99. The van der Waals surface area contributed by atoms with E-state index in [-0.39, 0.29) is 16.8 Å². The molecule has 0 spiro atoms. The van der Waals surface area contributed by atoms with Crippen LogP contribution in [0.3, 0.4) is 0 Å². The van der Waals surface area contributed by atoms with Crippen LogP contribution in [0.15, 0.2) is 64.4 Å². The number of fused-ring (bicyclic) bond motifs is 1. The number of hydrogen-bond acceptors (Lipinski definition) is 8. The average Bonchev–Trinajstić information content (AvgIpc) is 3.34. The van der Waals surface area contributed by atoms with Crippen LogP contribution in [-0.2, 0) is 14.6 Å². The molecule has 1 heterocycles. The second kappa shape index (κ2) is 13.5. The summed E-state index contributed by atoms with van der Waals surface area (Å²) in [6.07, 6.45) is 0.965. The van der Waals surface area contributed by atoms with Crippen LogP contribution in [0.25, 0.3) is 10.9 Å². The van der Waals surface area contributed by atoms with E-state index in [0.717, 1.165) is 37.3 Å². The molecule has 3 aromatic carbocycles. The van der Waals surface area contributed by atoms with Crippen LogP contribution < -0.4 is 15.5 Å². The third-order valence-corrected chi connectivity index (χ3v) is 8.56. The predicted octanol–water partition coefficient (Wildman–Crippen LogP) is 4.76. The number of methoxy groups -OCH3 is 1. The van der Waals surface area contributed by atoms with Gasteiger partial charge in [0.2, 0.25) is 9.84 Å². The van der Waals surface area contributed by atoms with Crippen molar-refractivity contribution in [3.63, 3.8) is 0 Å². The van der Waals surface area contributed by atoms with E-state index in [4.69, 9.17) is 4.74 Å². The van der Waals surface area contributed by atoms with Crippen molar-refractivity contribution in [3.05, 3.63) is 71.8 Å². The normalized spacial score (nSPS) is 12.5. The van der Waals surface area contributed by atoms with Crippen LogP contribution in [0.1, 0.15) is 23.7 Å². The standard InChI is InChI=1S/C30H36F2N6O4S/c1-19(18-42-5)33-28-16-22(38(4)12-6-11-37(2)3)7-9-25(28)30(39)34-29-26-17-23(8-10-27(26)35-36-29)43(40,41)24-14-20(31)13-21(32)15-24/h7-10,13-17,19,33H,6,11-12,18H2,1-5H3,(H2,34,35,36,39). The van der Waals surface area contributed by atoms with E-state index in [1.54, 1.807) is 13.2 Å². The number of H-pyrrole nitrogens is 1. The smallest absolute Gasteiger partial charge is 0.258 e. The van der Waals surface area contributed by atoms with Gasteiger partial charge in [0.05, 0.1) is 27.5 Å². The summed E-state index contributed by atoms with van der Waals surface area (Å²) in [7, 11) is 3.38. The average molecular weight is 615 g/mol. The number of ether oxygens (including phenoxy) is 1. The third kappa shape index (κ3) is 7.66. The molecule has 4 rings (SSSR count). The van der Waals surface area contributed by atoms with Gasteiger partial charge < -0.3 is 25.2 Å². The molecule has 0 aliphatic rings. The Labute approximate surface area is 249 Å². The quantitative estimate of drug-likeness (QED) is 0.197. The van der Waals surface area contributed by atoms with Crippen LogP contribution in [0, 0.1) is 11.6 Å². The number of halogens is 2. The topological polar surface area (TPSA) is 120 Å². The molecule has 0 aliphatic heterocycles. The molecule has 1 aromatic heterocycles. The molecule has 43 heavy (non-hydrogen) atoms. The maximum Gasteiger partial charge on any atom is 0.258 e. The molecule has 0 bridgehead atoms. The summed E-state index contributed by atoms with van der Waals surface area (Å²) in [6, 6.07) is 11.6. The highest BCUT2D eigenvalue weighted by molar-refractivity contribution is 7.91.